The molecule has 0 bridgehead atoms. The van der Waals surface area contributed by atoms with Crippen LogP contribution in [0, 0.1) is 0 Å². The van der Waals surface area contributed by atoms with E-state index >= 15 is 0 Å². The molecule has 0 saturated heterocycles. The molecule has 1 aromatic rings. The van der Waals surface area contributed by atoms with Gasteiger partial charge in [-0.1, -0.05) is 13.8 Å². The van der Waals surface area contributed by atoms with Crippen LogP contribution >= 0.6 is 27.3 Å². The zero-order chi connectivity index (χ0) is 10.9. The van der Waals surface area contributed by atoms with E-state index in [1.807, 2.05) is 26.0 Å². The van der Waals surface area contributed by atoms with Crippen molar-refractivity contribution >= 4 is 33.2 Å². The van der Waals surface area contributed by atoms with Gasteiger partial charge in [0, 0.05) is 10.3 Å². The van der Waals surface area contributed by atoms with Gasteiger partial charge in [0.15, 0.2) is 0 Å². The van der Waals surface area contributed by atoms with Gasteiger partial charge in [-0.2, -0.15) is 0 Å². The van der Waals surface area contributed by atoms with E-state index in [1.54, 1.807) is 0 Å². The van der Waals surface area contributed by atoms with Crippen molar-refractivity contribution in [2.75, 3.05) is 0 Å². The lowest BCUT2D eigenvalue weighted by molar-refractivity contribution is -0.140. The average Bonchev–Trinajstić information content (AvgIpc) is 2.50. The van der Waals surface area contributed by atoms with Crippen LogP contribution in [0.3, 0.4) is 0 Å². The number of carbonyl (C=O) groups is 1. The molecule has 0 aliphatic rings. The third-order valence-corrected chi connectivity index (χ3v) is 4.21. The number of nitrogens with two attached hydrogens (primary N) is 1. The minimum Gasteiger partial charge on any atom is -0.480 e. The Bertz CT molecular complexity index is 348. The van der Waals surface area contributed by atoms with Gasteiger partial charge in [0.2, 0.25) is 0 Å². The minimum atomic E-state index is -0.973. The van der Waals surface area contributed by atoms with E-state index in [2.05, 4.69) is 15.9 Å². The summed E-state index contributed by atoms with van der Waals surface area (Å²) in [6.45, 7) is 3.67. The van der Waals surface area contributed by atoms with Gasteiger partial charge in [0.1, 0.15) is 6.04 Å². The second kappa shape index (κ2) is 4.00. The maximum Gasteiger partial charge on any atom is 0.321 e. The first kappa shape index (κ1) is 11.7. The molecule has 0 amide bonds. The van der Waals surface area contributed by atoms with Gasteiger partial charge in [0.05, 0.1) is 3.79 Å². The van der Waals surface area contributed by atoms with E-state index in [9.17, 15) is 4.79 Å². The Morgan fingerprint density at radius 1 is 1.64 bits per heavy atom. The molecule has 1 atom stereocenters. The molecule has 14 heavy (non-hydrogen) atoms. The third kappa shape index (κ3) is 2.16. The van der Waals surface area contributed by atoms with Crippen molar-refractivity contribution < 1.29 is 9.90 Å². The summed E-state index contributed by atoms with van der Waals surface area (Å²) in [5.74, 6) is -0.973. The molecule has 0 spiro atoms. The van der Waals surface area contributed by atoms with Gasteiger partial charge in [-0.15, -0.1) is 11.3 Å². The Hall–Kier alpha value is -0.390. The lowest BCUT2D eigenvalue weighted by atomic mass is 9.83. The van der Waals surface area contributed by atoms with Crippen LogP contribution in [0.5, 0.6) is 0 Å². The molecule has 1 aromatic heterocycles. The van der Waals surface area contributed by atoms with Gasteiger partial charge >= 0.3 is 5.97 Å². The molecule has 0 saturated carbocycles. The van der Waals surface area contributed by atoms with Crippen LogP contribution in [0.1, 0.15) is 18.7 Å². The van der Waals surface area contributed by atoms with Crippen molar-refractivity contribution in [2.24, 2.45) is 5.73 Å². The Balaban J connectivity index is 3.01. The fourth-order valence-electron chi connectivity index (χ4n) is 1.12. The van der Waals surface area contributed by atoms with Crippen LogP contribution in [0.2, 0.25) is 0 Å². The first-order valence-corrected chi connectivity index (χ1v) is 5.71. The summed E-state index contributed by atoms with van der Waals surface area (Å²) in [7, 11) is 0. The highest BCUT2D eigenvalue weighted by Crippen LogP contribution is 2.34. The van der Waals surface area contributed by atoms with Crippen molar-refractivity contribution in [1.82, 2.24) is 0 Å². The van der Waals surface area contributed by atoms with Crippen molar-refractivity contribution in [3.8, 4) is 0 Å². The second-order valence-corrected chi connectivity index (χ2v) is 6.10. The molecule has 3 N–H and O–H groups in total. The predicted octanol–water partition coefficient (Wildman–Crippen LogP) is 2.20. The van der Waals surface area contributed by atoms with Gasteiger partial charge in [0.25, 0.3) is 0 Å². The predicted molar refractivity (Wildman–Crippen MR) is 60.7 cm³/mol. The zero-order valence-electron chi connectivity index (χ0n) is 7.95. The first-order valence-electron chi connectivity index (χ1n) is 4.10. The van der Waals surface area contributed by atoms with Crippen LogP contribution in [0.15, 0.2) is 15.9 Å². The summed E-state index contributed by atoms with van der Waals surface area (Å²) in [5.41, 5.74) is 5.09. The minimum absolute atomic E-state index is 0.539. The van der Waals surface area contributed by atoms with Gasteiger partial charge in [-0.25, -0.2) is 0 Å². The fourth-order valence-corrected chi connectivity index (χ4v) is 2.65. The summed E-state index contributed by atoms with van der Waals surface area (Å²) < 4.78 is 0.984. The Morgan fingerprint density at radius 2 is 2.21 bits per heavy atom. The highest BCUT2D eigenvalue weighted by atomic mass is 79.9. The Kier molecular flexibility index (Phi) is 3.34. The SMILES string of the molecule is CC(C)(c1ccc(Br)s1)C(N)C(=O)O. The van der Waals surface area contributed by atoms with Crippen molar-refractivity contribution in [3.05, 3.63) is 20.8 Å². The number of carboxylic acids is 1. The molecule has 0 aliphatic carbocycles. The summed E-state index contributed by atoms with van der Waals surface area (Å²) in [5, 5.41) is 8.85. The lowest BCUT2D eigenvalue weighted by Gasteiger charge is -2.27. The van der Waals surface area contributed by atoms with Gasteiger partial charge in [-0.3, -0.25) is 4.79 Å². The summed E-state index contributed by atoms with van der Waals surface area (Å²) >= 11 is 4.85. The molecule has 78 valence electrons. The second-order valence-electron chi connectivity index (χ2n) is 3.64. The van der Waals surface area contributed by atoms with Crippen molar-refractivity contribution in [3.63, 3.8) is 0 Å². The maximum absolute atomic E-state index is 10.8. The molecular weight excluding hydrogens is 266 g/mol. The van der Waals surface area contributed by atoms with E-state index < -0.39 is 17.4 Å². The van der Waals surface area contributed by atoms with Crippen LogP contribution in [-0.4, -0.2) is 17.1 Å². The smallest absolute Gasteiger partial charge is 0.321 e. The Labute approximate surface area is 95.1 Å². The molecule has 0 radical (unpaired) electrons. The molecule has 1 unspecified atom stereocenters. The molecule has 0 fully saturated rings. The van der Waals surface area contributed by atoms with Gasteiger partial charge < -0.3 is 10.8 Å². The van der Waals surface area contributed by atoms with E-state index in [-0.39, 0.29) is 0 Å². The van der Waals surface area contributed by atoms with Crippen LogP contribution in [-0.2, 0) is 10.2 Å². The van der Waals surface area contributed by atoms with Crippen LogP contribution in [0.25, 0.3) is 0 Å². The molecule has 1 rings (SSSR count). The summed E-state index contributed by atoms with van der Waals surface area (Å²) in [6.07, 6.45) is 0. The topological polar surface area (TPSA) is 63.3 Å². The van der Waals surface area contributed by atoms with E-state index in [4.69, 9.17) is 10.8 Å². The van der Waals surface area contributed by atoms with E-state index in [1.165, 1.54) is 11.3 Å². The number of hydrogen-bond acceptors (Lipinski definition) is 3. The lowest BCUT2D eigenvalue weighted by Crippen LogP contribution is -2.46. The molecule has 0 aromatic carbocycles. The highest BCUT2D eigenvalue weighted by Gasteiger charge is 2.34. The van der Waals surface area contributed by atoms with Crippen molar-refractivity contribution in [2.45, 2.75) is 25.3 Å². The van der Waals surface area contributed by atoms with Crippen LogP contribution in [0.4, 0.5) is 0 Å². The quantitative estimate of drug-likeness (QED) is 0.891. The number of hydrogen-bond donors (Lipinski definition) is 2. The number of aliphatic carboxylic acids is 1. The largest absolute Gasteiger partial charge is 0.480 e. The fraction of sp³-hybridized carbons (Fsp3) is 0.444. The van der Waals surface area contributed by atoms with E-state index in [0.29, 0.717) is 0 Å². The number of thiophene rings is 1. The normalized spacial score (nSPS) is 14.0. The first-order chi connectivity index (χ1) is 6.35. The van der Waals surface area contributed by atoms with Gasteiger partial charge in [-0.05, 0) is 28.1 Å². The maximum atomic E-state index is 10.8. The van der Waals surface area contributed by atoms with Crippen molar-refractivity contribution in [1.29, 1.82) is 0 Å². The molecule has 1 heterocycles. The monoisotopic (exact) mass is 277 g/mol. The molecule has 5 heteroatoms. The molecule has 0 aliphatic heterocycles. The van der Waals surface area contributed by atoms with Crippen LogP contribution < -0.4 is 5.73 Å². The third-order valence-electron chi connectivity index (χ3n) is 2.25. The molecule has 3 nitrogen and oxygen atoms in total. The average molecular weight is 278 g/mol. The standard InChI is InChI=1S/C9H12BrNO2S/c1-9(2,7(11)8(12)13)5-3-4-6(10)14-5/h3-4,7H,11H2,1-2H3,(H,12,13). The summed E-state index contributed by atoms with van der Waals surface area (Å²) in [6, 6.07) is 2.92. The number of halogens is 1. The Morgan fingerprint density at radius 3 is 2.57 bits per heavy atom. The number of carboxylic acid groups (broad SMARTS) is 1. The highest BCUT2D eigenvalue weighted by molar-refractivity contribution is 9.11. The summed E-state index contributed by atoms with van der Waals surface area (Å²) in [4.78, 5) is 11.8. The van der Waals surface area contributed by atoms with E-state index in [0.717, 1.165) is 8.66 Å². The molecular formula is C9H12BrNO2S. The number of rotatable bonds is 3. The zero-order valence-corrected chi connectivity index (χ0v) is 10.4.